The van der Waals surface area contributed by atoms with Gasteiger partial charge in [-0.05, 0) is 24.6 Å². The Hall–Kier alpha value is -2.94. The highest BCUT2D eigenvalue weighted by molar-refractivity contribution is 7.14. The molecule has 1 N–H and O–H groups in total. The number of hydrogen-bond acceptors (Lipinski definition) is 7. The standard InChI is InChI=1S/C19H21N3O5S/c1-4-27-18(25)14-10-28-19(20-14)21-17(24)13-9-15(23)22(2)16(13)11-5-7-12(26-3)8-6-11/h5-8,10,13,16H,4,9H2,1-3H3,(H,20,21,24). The number of anilines is 1. The molecule has 28 heavy (non-hydrogen) atoms. The molecule has 2 atom stereocenters. The second-order valence-corrected chi connectivity index (χ2v) is 7.14. The van der Waals surface area contributed by atoms with E-state index in [1.54, 1.807) is 38.1 Å². The lowest BCUT2D eigenvalue weighted by atomic mass is 9.93. The minimum atomic E-state index is -0.569. The van der Waals surface area contributed by atoms with E-state index in [-0.39, 0.29) is 36.6 Å². The maximum Gasteiger partial charge on any atom is 0.357 e. The summed E-state index contributed by atoms with van der Waals surface area (Å²) in [6.07, 6.45) is 0.106. The number of esters is 1. The van der Waals surface area contributed by atoms with Crippen LogP contribution >= 0.6 is 11.3 Å². The molecule has 0 radical (unpaired) electrons. The van der Waals surface area contributed by atoms with Gasteiger partial charge in [0.25, 0.3) is 0 Å². The molecule has 0 bridgehead atoms. The maximum absolute atomic E-state index is 12.9. The molecule has 2 heterocycles. The number of ether oxygens (including phenoxy) is 2. The number of benzene rings is 1. The highest BCUT2D eigenvalue weighted by Crippen LogP contribution is 2.38. The summed E-state index contributed by atoms with van der Waals surface area (Å²) in [5, 5.41) is 4.54. The molecule has 1 aliphatic rings. The van der Waals surface area contributed by atoms with Crippen molar-refractivity contribution in [2.24, 2.45) is 5.92 Å². The summed E-state index contributed by atoms with van der Waals surface area (Å²) in [5.41, 5.74) is 0.995. The number of carbonyl (C=O) groups is 3. The van der Waals surface area contributed by atoms with Gasteiger partial charge in [0.05, 0.1) is 25.7 Å². The van der Waals surface area contributed by atoms with Gasteiger partial charge in [-0.3, -0.25) is 9.59 Å². The van der Waals surface area contributed by atoms with Crippen molar-refractivity contribution in [3.05, 3.63) is 40.9 Å². The molecule has 148 valence electrons. The highest BCUT2D eigenvalue weighted by Gasteiger charge is 2.42. The summed E-state index contributed by atoms with van der Waals surface area (Å²) in [7, 11) is 3.27. The lowest BCUT2D eigenvalue weighted by molar-refractivity contribution is -0.128. The fourth-order valence-corrected chi connectivity index (χ4v) is 3.87. The lowest BCUT2D eigenvalue weighted by Crippen LogP contribution is -2.30. The molecule has 1 aliphatic heterocycles. The number of carbonyl (C=O) groups excluding carboxylic acids is 3. The van der Waals surface area contributed by atoms with Crippen molar-refractivity contribution in [2.45, 2.75) is 19.4 Å². The smallest absolute Gasteiger partial charge is 0.357 e. The van der Waals surface area contributed by atoms with Crippen LogP contribution < -0.4 is 10.1 Å². The Kier molecular flexibility index (Phi) is 5.93. The summed E-state index contributed by atoms with van der Waals surface area (Å²) >= 11 is 1.14. The largest absolute Gasteiger partial charge is 0.497 e. The third-order valence-corrected chi connectivity index (χ3v) is 5.36. The van der Waals surface area contributed by atoms with Gasteiger partial charge in [0.2, 0.25) is 11.8 Å². The number of nitrogens with one attached hydrogen (secondary N) is 1. The fourth-order valence-electron chi connectivity index (χ4n) is 3.19. The van der Waals surface area contributed by atoms with Crippen molar-refractivity contribution >= 4 is 34.3 Å². The average Bonchev–Trinajstić information content (AvgIpc) is 3.27. The third-order valence-electron chi connectivity index (χ3n) is 4.60. The van der Waals surface area contributed by atoms with Crippen LogP contribution in [0.3, 0.4) is 0 Å². The van der Waals surface area contributed by atoms with Crippen LogP contribution in [0.5, 0.6) is 5.75 Å². The quantitative estimate of drug-likeness (QED) is 0.744. The zero-order chi connectivity index (χ0) is 20.3. The first-order chi connectivity index (χ1) is 13.4. The Bertz CT molecular complexity index is 880. The van der Waals surface area contributed by atoms with E-state index in [1.165, 1.54) is 5.38 Å². The van der Waals surface area contributed by atoms with Crippen LogP contribution in [0.25, 0.3) is 0 Å². The third kappa shape index (κ3) is 3.99. The summed E-state index contributed by atoms with van der Waals surface area (Å²) < 4.78 is 10.1. The van der Waals surface area contributed by atoms with Crippen LogP contribution in [0.2, 0.25) is 0 Å². The molecule has 1 aromatic heterocycles. The van der Waals surface area contributed by atoms with Crippen molar-refractivity contribution in [3.63, 3.8) is 0 Å². The number of likely N-dealkylation sites (tertiary alicyclic amines) is 1. The minimum absolute atomic E-state index is 0.104. The van der Waals surface area contributed by atoms with Crippen LogP contribution in [0.15, 0.2) is 29.6 Å². The first-order valence-corrected chi connectivity index (χ1v) is 9.65. The van der Waals surface area contributed by atoms with E-state index in [2.05, 4.69) is 10.3 Å². The number of rotatable bonds is 6. The first kappa shape index (κ1) is 19.8. The van der Waals surface area contributed by atoms with Gasteiger partial charge < -0.3 is 19.7 Å². The predicted octanol–water partition coefficient (Wildman–Crippen LogP) is 2.49. The van der Waals surface area contributed by atoms with E-state index in [1.807, 2.05) is 12.1 Å². The van der Waals surface area contributed by atoms with Crippen molar-refractivity contribution < 1.29 is 23.9 Å². The molecule has 1 saturated heterocycles. The molecule has 8 nitrogen and oxygen atoms in total. The van der Waals surface area contributed by atoms with Crippen LogP contribution in [0.1, 0.15) is 35.4 Å². The molecule has 9 heteroatoms. The maximum atomic E-state index is 12.9. The number of hydrogen-bond donors (Lipinski definition) is 1. The molecule has 0 spiro atoms. The van der Waals surface area contributed by atoms with Gasteiger partial charge in [-0.25, -0.2) is 9.78 Å². The molecular formula is C19H21N3O5S. The van der Waals surface area contributed by atoms with E-state index < -0.39 is 11.9 Å². The van der Waals surface area contributed by atoms with Crippen LogP contribution in [-0.2, 0) is 14.3 Å². The van der Waals surface area contributed by atoms with E-state index in [0.717, 1.165) is 16.9 Å². The monoisotopic (exact) mass is 403 g/mol. The van der Waals surface area contributed by atoms with Gasteiger partial charge in [-0.2, -0.15) is 0 Å². The fraction of sp³-hybridized carbons (Fsp3) is 0.368. The summed E-state index contributed by atoms with van der Waals surface area (Å²) in [6.45, 7) is 1.96. The SMILES string of the molecule is CCOC(=O)c1csc(NC(=O)C2CC(=O)N(C)C2c2ccc(OC)cc2)n1. The number of nitrogens with zero attached hydrogens (tertiary/aromatic N) is 2. The van der Waals surface area contributed by atoms with Gasteiger partial charge in [0.1, 0.15) is 5.75 Å². The topological polar surface area (TPSA) is 97.8 Å². The summed E-state index contributed by atoms with van der Waals surface area (Å²) in [4.78, 5) is 42.5. The van der Waals surface area contributed by atoms with Crippen molar-refractivity contribution in [1.29, 1.82) is 0 Å². The molecule has 2 amide bonds. The molecule has 1 fully saturated rings. The number of amides is 2. The van der Waals surface area contributed by atoms with E-state index in [4.69, 9.17) is 9.47 Å². The Morgan fingerprint density at radius 2 is 2.04 bits per heavy atom. The predicted molar refractivity (Wildman–Crippen MR) is 103 cm³/mol. The summed E-state index contributed by atoms with van der Waals surface area (Å²) in [5.74, 6) is -0.825. The number of methoxy groups -OCH3 is 1. The van der Waals surface area contributed by atoms with Crippen molar-refractivity contribution in [1.82, 2.24) is 9.88 Å². The van der Waals surface area contributed by atoms with Gasteiger partial charge in [0, 0.05) is 18.8 Å². The summed E-state index contributed by atoms with van der Waals surface area (Å²) in [6, 6.07) is 6.91. The molecule has 3 rings (SSSR count). The normalized spacial score (nSPS) is 18.8. The van der Waals surface area contributed by atoms with Crippen molar-refractivity contribution in [2.75, 3.05) is 26.1 Å². The zero-order valence-electron chi connectivity index (χ0n) is 15.8. The minimum Gasteiger partial charge on any atom is -0.497 e. The highest BCUT2D eigenvalue weighted by atomic mass is 32.1. The van der Waals surface area contributed by atoms with Gasteiger partial charge >= 0.3 is 5.97 Å². The Morgan fingerprint density at radius 3 is 2.68 bits per heavy atom. The van der Waals surface area contributed by atoms with E-state index in [0.29, 0.717) is 10.9 Å². The van der Waals surface area contributed by atoms with Gasteiger partial charge in [-0.1, -0.05) is 12.1 Å². The van der Waals surface area contributed by atoms with Gasteiger partial charge in [0.15, 0.2) is 10.8 Å². The molecule has 2 unspecified atom stereocenters. The zero-order valence-corrected chi connectivity index (χ0v) is 16.6. The molecular weight excluding hydrogens is 382 g/mol. The van der Waals surface area contributed by atoms with E-state index in [9.17, 15) is 14.4 Å². The number of thiazole rings is 1. The molecule has 1 aromatic carbocycles. The van der Waals surface area contributed by atoms with Crippen LogP contribution in [0, 0.1) is 5.92 Å². The van der Waals surface area contributed by atoms with Gasteiger partial charge in [-0.15, -0.1) is 11.3 Å². The first-order valence-electron chi connectivity index (χ1n) is 8.77. The Labute approximate surface area is 166 Å². The lowest BCUT2D eigenvalue weighted by Gasteiger charge is -2.24. The second kappa shape index (κ2) is 8.39. The van der Waals surface area contributed by atoms with Crippen LogP contribution in [0.4, 0.5) is 5.13 Å². The Balaban J connectivity index is 1.77. The van der Waals surface area contributed by atoms with E-state index >= 15 is 0 Å². The molecule has 0 saturated carbocycles. The average molecular weight is 403 g/mol. The molecule has 2 aromatic rings. The molecule has 0 aliphatic carbocycles. The number of aromatic nitrogens is 1. The van der Waals surface area contributed by atoms with Crippen molar-refractivity contribution in [3.8, 4) is 5.75 Å². The Morgan fingerprint density at radius 1 is 1.32 bits per heavy atom. The van der Waals surface area contributed by atoms with Crippen LogP contribution in [-0.4, -0.2) is 48.4 Å². The second-order valence-electron chi connectivity index (χ2n) is 6.28.